The average molecular weight is 356 g/mol. The zero-order chi connectivity index (χ0) is 18.9. The predicted octanol–water partition coefficient (Wildman–Crippen LogP) is 2.20. The maximum atomic E-state index is 13.0. The van der Waals surface area contributed by atoms with E-state index in [2.05, 4.69) is 4.98 Å². The highest BCUT2D eigenvalue weighted by Crippen LogP contribution is 2.36. The number of hydrogen-bond donors (Lipinski definition) is 2. The number of benzene rings is 1. The molecule has 3 rings (SSSR count). The number of nitrogens with zero attached hydrogens (tertiary/aromatic N) is 1. The number of carbonyl (C=O) groups excluding carboxylic acids is 1. The van der Waals surface area contributed by atoms with Gasteiger partial charge in [0.05, 0.1) is 18.7 Å². The van der Waals surface area contributed by atoms with E-state index in [4.69, 9.17) is 4.74 Å². The molecule has 1 aliphatic heterocycles. The van der Waals surface area contributed by atoms with Crippen LogP contribution in [0.3, 0.4) is 0 Å². The Morgan fingerprint density at radius 3 is 2.65 bits per heavy atom. The zero-order valence-corrected chi connectivity index (χ0v) is 15.3. The van der Waals surface area contributed by atoms with Gasteiger partial charge in [0.2, 0.25) is 5.56 Å². The first-order valence-electron chi connectivity index (χ1n) is 8.72. The van der Waals surface area contributed by atoms with Crippen LogP contribution in [-0.4, -0.2) is 40.6 Å². The summed E-state index contributed by atoms with van der Waals surface area (Å²) >= 11 is 0. The Bertz CT molecular complexity index is 855. The lowest BCUT2D eigenvalue weighted by molar-refractivity contribution is -0.0177. The van der Waals surface area contributed by atoms with Crippen molar-refractivity contribution < 1.29 is 14.6 Å². The van der Waals surface area contributed by atoms with Gasteiger partial charge < -0.3 is 19.7 Å². The SMILES string of the molecule is COc1ccc(C(C)(O)C2CCCN2C(=O)c2c[nH]c(=O)cc2C)cc1. The average Bonchev–Trinajstić information content (AvgIpc) is 3.12. The van der Waals surface area contributed by atoms with E-state index >= 15 is 0 Å². The molecule has 6 nitrogen and oxygen atoms in total. The van der Waals surface area contributed by atoms with E-state index in [9.17, 15) is 14.7 Å². The van der Waals surface area contributed by atoms with Gasteiger partial charge in [-0.05, 0) is 49.9 Å². The Morgan fingerprint density at radius 2 is 2.04 bits per heavy atom. The number of pyridine rings is 1. The molecule has 138 valence electrons. The van der Waals surface area contributed by atoms with Gasteiger partial charge in [0.1, 0.15) is 11.4 Å². The zero-order valence-electron chi connectivity index (χ0n) is 15.3. The second-order valence-corrected chi connectivity index (χ2v) is 6.93. The smallest absolute Gasteiger partial charge is 0.255 e. The van der Waals surface area contributed by atoms with Crippen LogP contribution >= 0.6 is 0 Å². The van der Waals surface area contributed by atoms with Crippen LogP contribution in [0, 0.1) is 6.92 Å². The number of hydrogen-bond acceptors (Lipinski definition) is 4. The van der Waals surface area contributed by atoms with E-state index in [1.165, 1.54) is 12.3 Å². The molecule has 26 heavy (non-hydrogen) atoms. The van der Waals surface area contributed by atoms with Crippen LogP contribution in [0.25, 0.3) is 0 Å². The molecule has 0 radical (unpaired) electrons. The summed E-state index contributed by atoms with van der Waals surface area (Å²) in [5, 5.41) is 11.2. The number of nitrogens with one attached hydrogen (secondary N) is 1. The van der Waals surface area contributed by atoms with E-state index in [-0.39, 0.29) is 17.5 Å². The maximum absolute atomic E-state index is 13.0. The fraction of sp³-hybridized carbons (Fsp3) is 0.400. The quantitative estimate of drug-likeness (QED) is 0.880. The summed E-state index contributed by atoms with van der Waals surface area (Å²) in [6.45, 7) is 4.06. The molecule has 2 atom stereocenters. The van der Waals surface area contributed by atoms with Crippen molar-refractivity contribution in [2.75, 3.05) is 13.7 Å². The molecule has 2 unspecified atom stereocenters. The molecule has 1 aromatic heterocycles. The molecular formula is C20H24N2O4. The van der Waals surface area contributed by atoms with Gasteiger partial charge in [-0.3, -0.25) is 9.59 Å². The third-order valence-electron chi connectivity index (χ3n) is 5.20. The van der Waals surface area contributed by atoms with Crippen LogP contribution in [0.4, 0.5) is 0 Å². The minimum Gasteiger partial charge on any atom is -0.497 e. The van der Waals surface area contributed by atoms with Crippen molar-refractivity contribution in [3.05, 3.63) is 63.6 Å². The lowest BCUT2D eigenvalue weighted by atomic mass is 9.86. The van der Waals surface area contributed by atoms with Crippen LogP contribution in [0.15, 0.2) is 41.3 Å². The Labute approximate surface area is 152 Å². The van der Waals surface area contributed by atoms with Crippen LogP contribution in [0.2, 0.25) is 0 Å². The highest BCUT2D eigenvalue weighted by atomic mass is 16.5. The number of H-pyrrole nitrogens is 1. The van der Waals surface area contributed by atoms with Gasteiger partial charge in [-0.25, -0.2) is 0 Å². The number of aryl methyl sites for hydroxylation is 1. The summed E-state index contributed by atoms with van der Waals surface area (Å²) in [6.07, 6.45) is 3.00. The Balaban J connectivity index is 1.90. The molecule has 0 saturated carbocycles. The largest absolute Gasteiger partial charge is 0.497 e. The summed E-state index contributed by atoms with van der Waals surface area (Å²) in [5.41, 5.74) is 0.410. The van der Waals surface area contributed by atoms with Gasteiger partial charge in [0.15, 0.2) is 0 Å². The molecule has 1 aromatic carbocycles. The normalized spacial score (nSPS) is 19.2. The molecule has 2 heterocycles. The number of aromatic nitrogens is 1. The van der Waals surface area contributed by atoms with Crippen molar-refractivity contribution in [2.45, 2.75) is 38.3 Å². The fourth-order valence-corrected chi connectivity index (χ4v) is 3.67. The van der Waals surface area contributed by atoms with E-state index in [1.807, 2.05) is 12.1 Å². The Morgan fingerprint density at radius 1 is 1.35 bits per heavy atom. The number of ether oxygens (including phenoxy) is 1. The number of likely N-dealkylation sites (tertiary alicyclic amines) is 1. The fourth-order valence-electron chi connectivity index (χ4n) is 3.67. The van der Waals surface area contributed by atoms with E-state index < -0.39 is 5.60 Å². The van der Waals surface area contributed by atoms with Crippen LogP contribution in [0.1, 0.15) is 41.3 Å². The van der Waals surface area contributed by atoms with Gasteiger partial charge in [-0.2, -0.15) is 0 Å². The van der Waals surface area contributed by atoms with Crippen molar-refractivity contribution >= 4 is 5.91 Å². The van der Waals surface area contributed by atoms with Gasteiger partial charge >= 0.3 is 0 Å². The summed E-state index contributed by atoms with van der Waals surface area (Å²) in [6, 6.07) is 8.33. The highest BCUT2D eigenvalue weighted by Gasteiger charge is 2.43. The molecule has 2 aromatic rings. The molecule has 1 aliphatic rings. The lowest BCUT2D eigenvalue weighted by Gasteiger charge is -2.37. The number of rotatable bonds is 4. The summed E-state index contributed by atoms with van der Waals surface area (Å²) in [7, 11) is 1.59. The highest BCUT2D eigenvalue weighted by molar-refractivity contribution is 5.95. The number of amides is 1. The lowest BCUT2D eigenvalue weighted by Crippen LogP contribution is -2.48. The topological polar surface area (TPSA) is 82.6 Å². The number of aromatic amines is 1. The van der Waals surface area contributed by atoms with E-state index in [0.29, 0.717) is 29.8 Å². The van der Waals surface area contributed by atoms with Crippen molar-refractivity contribution in [3.8, 4) is 5.75 Å². The van der Waals surface area contributed by atoms with Gasteiger partial charge in [-0.1, -0.05) is 12.1 Å². The minimum absolute atomic E-state index is 0.171. The second-order valence-electron chi connectivity index (χ2n) is 6.93. The molecular weight excluding hydrogens is 332 g/mol. The molecule has 0 aliphatic carbocycles. The summed E-state index contributed by atoms with van der Waals surface area (Å²) in [5.74, 6) is 0.544. The maximum Gasteiger partial charge on any atom is 0.255 e. The predicted molar refractivity (Wildman–Crippen MR) is 98.4 cm³/mol. The van der Waals surface area contributed by atoms with Crippen molar-refractivity contribution in [1.29, 1.82) is 0 Å². The first-order chi connectivity index (χ1) is 12.3. The van der Waals surface area contributed by atoms with Crippen LogP contribution in [-0.2, 0) is 5.60 Å². The molecule has 1 saturated heterocycles. The van der Waals surface area contributed by atoms with Crippen molar-refractivity contribution in [1.82, 2.24) is 9.88 Å². The van der Waals surface area contributed by atoms with Gasteiger partial charge in [-0.15, -0.1) is 0 Å². The molecule has 0 bridgehead atoms. The van der Waals surface area contributed by atoms with Gasteiger partial charge in [0.25, 0.3) is 5.91 Å². The molecule has 6 heteroatoms. The first-order valence-corrected chi connectivity index (χ1v) is 8.72. The third-order valence-corrected chi connectivity index (χ3v) is 5.20. The van der Waals surface area contributed by atoms with E-state index in [0.717, 1.165) is 12.0 Å². The third kappa shape index (κ3) is 3.24. The standard InChI is InChI=1S/C20H24N2O4/c1-13-11-18(23)21-12-16(13)19(24)22-10-4-5-17(22)20(2,25)14-6-8-15(26-3)9-7-14/h6-9,11-12,17,25H,4-5,10H2,1-3H3,(H,21,23). The van der Waals surface area contributed by atoms with Crippen molar-refractivity contribution in [3.63, 3.8) is 0 Å². The Hall–Kier alpha value is -2.60. The number of carbonyl (C=O) groups is 1. The molecule has 0 spiro atoms. The molecule has 2 N–H and O–H groups in total. The summed E-state index contributed by atoms with van der Waals surface area (Å²) < 4.78 is 5.17. The van der Waals surface area contributed by atoms with Crippen molar-refractivity contribution in [2.24, 2.45) is 0 Å². The first kappa shape index (κ1) is 18.2. The molecule has 1 amide bonds. The van der Waals surface area contributed by atoms with Crippen LogP contribution < -0.4 is 10.3 Å². The summed E-state index contributed by atoms with van der Waals surface area (Å²) in [4.78, 5) is 28.7. The Kier molecular flexibility index (Phi) is 4.87. The monoisotopic (exact) mass is 356 g/mol. The second kappa shape index (κ2) is 6.96. The number of aliphatic hydroxyl groups is 1. The van der Waals surface area contributed by atoms with Gasteiger partial charge in [0, 0.05) is 18.8 Å². The minimum atomic E-state index is -1.19. The van der Waals surface area contributed by atoms with Crippen LogP contribution in [0.5, 0.6) is 5.75 Å². The number of methoxy groups -OCH3 is 1. The molecule has 1 fully saturated rings. The van der Waals surface area contributed by atoms with E-state index in [1.54, 1.807) is 38.0 Å².